The Hall–Kier alpha value is -1.31. The summed E-state index contributed by atoms with van der Waals surface area (Å²) in [6.45, 7) is 5.63. The van der Waals surface area contributed by atoms with Gasteiger partial charge in [-0.25, -0.2) is 8.42 Å². The molecule has 0 radical (unpaired) electrons. The zero-order valence-corrected chi connectivity index (χ0v) is 14.5. The second-order valence-corrected chi connectivity index (χ2v) is 7.70. The monoisotopic (exact) mass is 333 g/mol. The average molecular weight is 333 g/mol. The number of carbonyl (C=O) groups excluding carboxylic acids is 1. The van der Waals surface area contributed by atoms with Crippen LogP contribution in [0.4, 0.5) is 0 Å². The highest BCUT2D eigenvalue weighted by Crippen LogP contribution is 2.18. The summed E-state index contributed by atoms with van der Waals surface area (Å²) in [6.07, 6.45) is 1.46. The quantitative estimate of drug-likeness (QED) is 0.426. The maximum atomic E-state index is 11.7. The molecule has 1 aliphatic heterocycles. The van der Waals surface area contributed by atoms with E-state index in [4.69, 9.17) is 4.74 Å². The molecule has 0 atom stereocenters. The van der Waals surface area contributed by atoms with Crippen LogP contribution in [0.2, 0.25) is 0 Å². The molecule has 0 bridgehead atoms. The molecule has 7 nitrogen and oxygen atoms in total. The predicted molar refractivity (Wildman–Crippen MR) is 86.6 cm³/mol. The van der Waals surface area contributed by atoms with Crippen LogP contribution in [0.5, 0.6) is 0 Å². The average Bonchev–Trinajstić information content (AvgIpc) is 2.52. The molecule has 0 saturated carbocycles. The molecule has 1 heterocycles. The Bertz CT molecular complexity index is 482. The summed E-state index contributed by atoms with van der Waals surface area (Å²) in [7, 11) is -1.30. The van der Waals surface area contributed by atoms with Crippen LogP contribution in [0, 0.1) is 5.92 Å². The summed E-state index contributed by atoms with van der Waals surface area (Å²) in [4.78, 5) is 17.9. The zero-order valence-electron chi connectivity index (χ0n) is 13.7. The van der Waals surface area contributed by atoms with Gasteiger partial charge in [0.1, 0.15) is 0 Å². The van der Waals surface area contributed by atoms with Gasteiger partial charge in [0, 0.05) is 32.4 Å². The van der Waals surface area contributed by atoms with Crippen molar-refractivity contribution < 1.29 is 17.9 Å². The topological polar surface area (TPSA) is 88.1 Å². The lowest BCUT2D eigenvalue weighted by Gasteiger charge is -2.33. The molecule has 0 aliphatic carbocycles. The third kappa shape index (κ3) is 5.82. The van der Waals surface area contributed by atoms with Crippen molar-refractivity contribution in [1.82, 2.24) is 10.2 Å². The van der Waals surface area contributed by atoms with Crippen LogP contribution in [0.25, 0.3) is 0 Å². The first-order chi connectivity index (χ1) is 10.4. The highest BCUT2D eigenvalue weighted by Gasteiger charge is 2.27. The Morgan fingerprint density at radius 2 is 1.95 bits per heavy atom. The van der Waals surface area contributed by atoms with Crippen molar-refractivity contribution in [2.24, 2.45) is 10.9 Å². The number of nitrogens with one attached hydrogen (secondary N) is 1. The number of nitrogens with zero attached hydrogens (tertiary/aromatic N) is 2. The van der Waals surface area contributed by atoms with Gasteiger partial charge in [-0.05, 0) is 19.8 Å². The molecule has 1 saturated heterocycles. The molecule has 0 aromatic carbocycles. The first kappa shape index (κ1) is 18.7. The predicted octanol–water partition coefficient (Wildman–Crippen LogP) is 0.272. The van der Waals surface area contributed by atoms with Gasteiger partial charge in [0.05, 0.1) is 18.3 Å². The summed E-state index contributed by atoms with van der Waals surface area (Å²) in [6, 6.07) is 0. The van der Waals surface area contributed by atoms with E-state index in [-0.39, 0.29) is 23.4 Å². The molecular weight excluding hydrogens is 306 g/mol. The fourth-order valence-corrected chi connectivity index (χ4v) is 3.08. The van der Waals surface area contributed by atoms with Gasteiger partial charge in [0.15, 0.2) is 15.8 Å². The molecule has 8 heteroatoms. The Morgan fingerprint density at radius 1 is 1.32 bits per heavy atom. The summed E-state index contributed by atoms with van der Waals surface area (Å²) >= 11 is 0. The van der Waals surface area contributed by atoms with Gasteiger partial charge in [-0.1, -0.05) is 6.92 Å². The number of esters is 1. The van der Waals surface area contributed by atoms with Crippen LogP contribution in [-0.4, -0.2) is 70.0 Å². The van der Waals surface area contributed by atoms with E-state index in [2.05, 4.69) is 10.3 Å². The van der Waals surface area contributed by atoms with Crippen molar-refractivity contribution in [2.75, 3.05) is 44.8 Å². The number of hydrogen-bond donors (Lipinski definition) is 1. The SMILES string of the molecule is CCOC(=O)C1CCN(C(=NC)NCCS(=O)(=O)CC)CC1. The van der Waals surface area contributed by atoms with Crippen molar-refractivity contribution in [3.05, 3.63) is 0 Å². The molecule has 1 aliphatic rings. The molecule has 1 fully saturated rings. The first-order valence-corrected chi connectivity index (χ1v) is 9.58. The first-order valence-electron chi connectivity index (χ1n) is 7.76. The fourth-order valence-electron chi connectivity index (χ4n) is 2.38. The maximum absolute atomic E-state index is 11.7. The van der Waals surface area contributed by atoms with Crippen LogP contribution < -0.4 is 5.32 Å². The van der Waals surface area contributed by atoms with Gasteiger partial charge in [-0.15, -0.1) is 0 Å². The molecule has 22 heavy (non-hydrogen) atoms. The van der Waals surface area contributed by atoms with Crippen molar-refractivity contribution in [2.45, 2.75) is 26.7 Å². The number of hydrogen-bond acceptors (Lipinski definition) is 5. The number of likely N-dealkylation sites (tertiary alicyclic amines) is 1. The van der Waals surface area contributed by atoms with Crippen molar-refractivity contribution in [3.8, 4) is 0 Å². The molecule has 0 spiro atoms. The highest BCUT2D eigenvalue weighted by molar-refractivity contribution is 7.91. The lowest BCUT2D eigenvalue weighted by atomic mass is 9.97. The van der Waals surface area contributed by atoms with E-state index < -0.39 is 9.84 Å². The smallest absolute Gasteiger partial charge is 0.309 e. The number of aliphatic imine (C=N–C) groups is 1. The standard InChI is InChI=1S/C14H27N3O4S/c1-4-21-13(18)12-6-9-17(10-7-12)14(15-3)16-8-11-22(19,20)5-2/h12H,4-11H2,1-3H3,(H,15,16). The largest absolute Gasteiger partial charge is 0.466 e. The molecular formula is C14H27N3O4S. The number of sulfone groups is 1. The second kappa shape index (κ2) is 8.97. The van der Waals surface area contributed by atoms with E-state index in [9.17, 15) is 13.2 Å². The van der Waals surface area contributed by atoms with Crippen molar-refractivity contribution >= 4 is 21.8 Å². The number of piperidine rings is 1. The number of carbonyl (C=O) groups is 1. The van der Waals surface area contributed by atoms with E-state index in [0.29, 0.717) is 32.2 Å². The van der Waals surface area contributed by atoms with Gasteiger partial charge in [0.2, 0.25) is 0 Å². The molecule has 0 unspecified atom stereocenters. The Morgan fingerprint density at radius 3 is 2.45 bits per heavy atom. The van der Waals surface area contributed by atoms with Gasteiger partial charge in [0.25, 0.3) is 0 Å². The van der Waals surface area contributed by atoms with Crippen LogP contribution in [0.15, 0.2) is 4.99 Å². The minimum absolute atomic E-state index is 0.0465. The fraction of sp³-hybridized carbons (Fsp3) is 0.857. The third-order valence-corrected chi connectivity index (χ3v) is 5.47. The van der Waals surface area contributed by atoms with Gasteiger partial charge >= 0.3 is 5.97 Å². The third-order valence-electron chi connectivity index (χ3n) is 3.76. The summed E-state index contributed by atoms with van der Waals surface area (Å²) in [5.41, 5.74) is 0. The number of rotatable bonds is 6. The molecule has 0 aromatic heterocycles. The molecule has 1 N–H and O–H groups in total. The van der Waals surface area contributed by atoms with E-state index in [1.807, 2.05) is 11.8 Å². The van der Waals surface area contributed by atoms with Gasteiger partial charge < -0.3 is 15.0 Å². The lowest BCUT2D eigenvalue weighted by Crippen LogP contribution is -2.47. The van der Waals surface area contributed by atoms with E-state index in [0.717, 1.165) is 12.8 Å². The zero-order chi connectivity index (χ0) is 16.6. The minimum atomic E-state index is -2.98. The minimum Gasteiger partial charge on any atom is -0.466 e. The second-order valence-electron chi connectivity index (χ2n) is 5.22. The van der Waals surface area contributed by atoms with Gasteiger partial charge in [-0.3, -0.25) is 9.79 Å². The highest BCUT2D eigenvalue weighted by atomic mass is 32.2. The Labute approximate surface area is 133 Å². The van der Waals surface area contributed by atoms with E-state index in [1.165, 1.54) is 0 Å². The molecule has 1 rings (SSSR count). The van der Waals surface area contributed by atoms with Gasteiger partial charge in [-0.2, -0.15) is 0 Å². The lowest BCUT2D eigenvalue weighted by molar-refractivity contribution is -0.149. The molecule has 0 aromatic rings. The van der Waals surface area contributed by atoms with Crippen molar-refractivity contribution in [3.63, 3.8) is 0 Å². The van der Waals surface area contributed by atoms with Crippen LogP contribution in [0.1, 0.15) is 26.7 Å². The van der Waals surface area contributed by atoms with E-state index >= 15 is 0 Å². The Balaban J connectivity index is 2.42. The molecule has 128 valence electrons. The maximum Gasteiger partial charge on any atom is 0.309 e. The number of ether oxygens (including phenoxy) is 1. The number of guanidine groups is 1. The molecule has 0 amide bonds. The summed E-state index contributed by atoms with van der Waals surface area (Å²) in [5.74, 6) is 0.766. The van der Waals surface area contributed by atoms with Crippen molar-refractivity contribution in [1.29, 1.82) is 0 Å². The van der Waals surface area contributed by atoms with Crippen LogP contribution >= 0.6 is 0 Å². The Kier molecular flexibility index (Phi) is 7.64. The van der Waals surface area contributed by atoms with Crippen LogP contribution in [0.3, 0.4) is 0 Å². The summed E-state index contributed by atoms with van der Waals surface area (Å²) < 4.78 is 28.0. The summed E-state index contributed by atoms with van der Waals surface area (Å²) in [5, 5.41) is 3.08. The van der Waals surface area contributed by atoms with E-state index in [1.54, 1.807) is 14.0 Å². The van der Waals surface area contributed by atoms with Crippen LogP contribution in [-0.2, 0) is 19.4 Å². The normalized spacial score (nSPS) is 17.4.